The number of aliphatic imine (C=N–C) groups is 1. The number of aromatic nitrogens is 2. The lowest BCUT2D eigenvalue weighted by Gasteiger charge is -2.27. The van der Waals surface area contributed by atoms with Crippen molar-refractivity contribution in [1.82, 2.24) is 14.5 Å². The molecular weight excluding hydrogens is 316 g/mol. The Balaban J connectivity index is 1.74. The summed E-state index contributed by atoms with van der Waals surface area (Å²) in [5.74, 6) is 0. The Bertz CT molecular complexity index is 759. The van der Waals surface area contributed by atoms with Gasteiger partial charge in [-0.15, -0.1) is 0 Å². The summed E-state index contributed by atoms with van der Waals surface area (Å²) in [4.78, 5) is 12.1. The van der Waals surface area contributed by atoms with Gasteiger partial charge in [-0.1, -0.05) is 24.8 Å². The highest BCUT2D eigenvalue weighted by Crippen LogP contribution is 2.47. The normalized spacial score (nSPS) is 26.6. The molecular formula is C19H24N4S. The van der Waals surface area contributed by atoms with Crippen LogP contribution in [0.25, 0.3) is 0 Å². The summed E-state index contributed by atoms with van der Waals surface area (Å²) >= 11 is 1.89. The smallest absolute Gasteiger partial charge is 0.160 e. The first-order valence-electron chi connectivity index (χ1n) is 8.54. The molecule has 126 valence electrons. The number of hydrogen-bond acceptors (Lipinski definition) is 4. The van der Waals surface area contributed by atoms with Gasteiger partial charge in [0.15, 0.2) is 5.17 Å². The van der Waals surface area contributed by atoms with E-state index >= 15 is 0 Å². The molecule has 1 fully saturated rings. The molecule has 2 aromatic heterocycles. The number of pyridine rings is 1. The van der Waals surface area contributed by atoms with E-state index < -0.39 is 0 Å². The Morgan fingerprint density at radius 2 is 2.04 bits per heavy atom. The van der Waals surface area contributed by atoms with E-state index in [1.807, 2.05) is 24.0 Å². The summed E-state index contributed by atoms with van der Waals surface area (Å²) in [6.45, 7) is 10.0. The lowest BCUT2D eigenvalue weighted by molar-refractivity contribution is 0.319. The van der Waals surface area contributed by atoms with E-state index in [0.717, 1.165) is 12.2 Å². The standard InChI is InChI=1S/C19H24N4S/c1-13-11-23-17(14-8-10-22(12-14)19(2,3)4)16(21-18(23)24-13)15-7-5-6-9-20-15/h5-10,12-13,16-17H,11H2,1-4H3/t13-,16-,17-/m0/s1. The van der Waals surface area contributed by atoms with Crippen LogP contribution < -0.4 is 0 Å². The van der Waals surface area contributed by atoms with Crippen molar-refractivity contribution in [2.45, 2.75) is 50.6 Å². The lowest BCUT2D eigenvalue weighted by atomic mass is 9.98. The van der Waals surface area contributed by atoms with Crippen LogP contribution in [-0.2, 0) is 5.54 Å². The molecule has 2 aliphatic rings. The van der Waals surface area contributed by atoms with Gasteiger partial charge in [-0.3, -0.25) is 9.98 Å². The zero-order chi connectivity index (χ0) is 16.9. The van der Waals surface area contributed by atoms with Crippen LogP contribution in [0.15, 0.2) is 47.8 Å². The minimum atomic E-state index is 0.0806. The molecule has 0 aliphatic carbocycles. The molecule has 0 saturated carbocycles. The maximum Gasteiger partial charge on any atom is 0.160 e. The van der Waals surface area contributed by atoms with E-state index in [4.69, 9.17) is 4.99 Å². The maximum atomic E-state index is 5.03. The third-order valence-electron chi connectivity index (χ3n) is 4.71. The highest BCUT2D eigenvalue weighted by molar-refractivity contribution is 8.14. The van der Waals surface area contributed by atoms with Gasteiger partial charge in [0.1, 0.15) is 6.04 Å². The summed E-state index contributed by atoms with van der Waals surface area (Å²) in [7, 11) is 0. The Labute approximate surface area is 148 Å². The number of rotatable bonds is 2. The zero-order valence-electron chi connectivity index (χ0n) is 14.7. The highest BCUT2D eigenvalue weighted by atomic mass is 32.2. The SMILES string of the molecule is C[C@H]1CN2C(=N[C@@H](c3ccccn3)[C@@H]2c2ccn(C(C)(C)C)c2)S1. The van der Waals surface area contributed by atoms with Crippen LogP contribution in [0.5, 0.6) is 0 Å². The molecule has 3 atom stereocenters. The van der Waals surface area contributed by atoms with Crippen LogP contribution >= 0.6 is 11.8 Å². The average molecular weight is 340 g/mol. The van der Waals surface area contributed by atoms with Crippen LogP contribution in [0.2, 0.25) is 0 Å². The predicted molar refractivity (Wildman–Crippen MR) is 100 cm³/mol. The third kappa shape index (κ3) is 2.65. The summed E-state index contributed by atoms with van der Waals surface area (Å²) in [5.41, 5.74) is 2.48. The van der Waals surface area contributed by atoms with Gasteiger partial charge < -0.3 is 9.47 Å². The second-order valence-corrected chi connectivity index (χ2v) is 9.07. The zero-order valence-corrected chi connectivity index (χ0v) is 15.5. The van der Waals surface area contributed by atoms with Crippen molar-refractivity contribution in [2.75, 3.05) is 6.54 Å². The Hall–Kier alpha value is -1.75. The number of nitrogens with zero attached hydrogens (tertiary/aromatic N) is 4. The van der Waals surface area contributed by atoms with E-state index in [0.29, 0.717) is 5.25 Å². The van der Waals surface area contributed by atoms with Crippen molar-refractivity contribution in [2.24, 2.45) is 4.99 Å². The first-order valence-corrected chi connectivity index (χ1v) is 9.42. The molecule has 0 spiro atoms. The van der Waals surface area contributed by atoms with Gasteiger partial charge in [-0.05, 0) is 44.5 Å². The molecule has 0 unspecified atom stereocenters. The quantitative estimate of drug-likeness (QED) is 0.820. The molecule has 2 aromatic rings. The molecule has 24 heavy (non-hydrogen) atoms. The third-order valence-corrected chi connectivity index (χ3v) is 5.82. The van der Waals surface area contributed by atoms with E-state index in [-0.39, 0.29) is 17.6 Å². The molecule has 4 nitrogen and oxygen atoms in total. The van der Waals surface area contributed by atoms with Crippen molar-refractivity contribution < 1.29 is 0 Å². The molecule has 0 bridgehead atoms. The number of amidine groups is 1. The molecule has 4 rings (SSSR count). The molecule has 0 N–H and O–H groups in total. The Morgan fingerprint density at radius 1 is 1.21 bits per heavy atom. The maximum absolute atomic E-state index is 5.03. The first kappa shape index (κ1) is 15.8. The molecule has 4 heterocycles. The van der Waals surface area contributed by atoms with Crippen molar-refractivity contribution in [1.29, 1.82) is 0 Å². The van der Waals surface area contributed by atoms with Gasteiger partial charge in [0.05, 0.1) is 11.7 Å². The monoisotopic (exact) mass is 340 g/mol. The average Bonchev–Trinajstić information content (AvgIpc) is 3.20. The minimum absolute atomic E-state index is 0.0806. The second kappa shape index (κ2) is 5.66. The van der Waals surface area contributed by atoms with Crippen molar-refractivity contribution in [3.63, 3.8) is 0 Å². The van der Waals surface area contributed by atoms with Crippen molar-refractivity contribution >= 4 is 16.9 Å². The summed E-state index contributed by atoms with van der Waals surface area (Å²) < 4.78 is 2.29. The summed E-state index contributed by atoms with van der Waals surface area (Å²) in [6.07, 6.45) is 6.34. The minimum Gasteiger partial charge on any atom is -0.349 e. The van der Waals surface area contributed by atoms with Gasteiger partial charge in [-0.25, -0.2) is 0 Å². The van der Waals surface area contributed by atoms with E-state index in [9.17, 15) is 0 Å². The van der Waals surface area contributed by atoms with Crippen LogP contribution in [0.1, 0.15) is 51.0 Å². The number of thioether (sulfide) groups is 1. The lowest BCUT2D eigenvalue weighted by Crippen LogP contribution is -2.28. The van der Waals surface area contributed by atoms with E-state index in [2.05, 4.69) is 72.7 Å². The van der Waals surface area contributed by atoms with Gasteiger partial charge in [-0.2, -0.15) is 0 Å². The predicted octanol–water partition coefficient (Wildman–Crippen LogP) is 4.23. The molecule has 2 aliphatic heterocycles. The van der Waals surface area contributed by atoms with Crippen LogP contribution in [0.3, 0.4) is 0 Å². The molecule has 1 saturated heterocycles. The fourth-order valence-corrected chi connectivity index (χ4v) is 4.58. The fourth-order valence-electron chi connectivity index (χ4n) is 3.48. The van der Waals surface area contributed by atoms with Crippen LogP contribution in [0, 0.1) is 0 Å². The second-order valence-electron chi connectivity index (χ2n) is 7.66. The summed E-state index contributed by atoms with van der Waals surface area (Å²) in [6, 6.07) is 8.69. The van der Waals surface area contributed by atoms with E-state index in [1.54, 1.807) is 0 Å². The molecule has 0 radical (unpaired) electrons. The van der Waals surface area contributed by atoms with Gasteiger partial charge >= 0.3 is 0 Å². The molecule has 0 aromatic carbocycles. The molecule has 0 amide bonds. The first-order chi connectivity index (χ1) is 11.4. The van der Waals surface area contributed by atoms with Gasteiger partial charge in [0.2, 0.25) is 0 Å². The summed E-state index contributed by atoms with van der Waals surface area (Å²) in [5, 5.41) is 1.77. The largest absolute Gasteiger partial charge is 0.349 e. The van der Waals surface area contributed by atoms with Crippen LogP contribution in [0.4, 0.5) is 0 Å². The van der Waals surface area contributed by atoms with E-state index in [1.165, 1.54) is 10.7 Å². The number of hydrogen-bond donors (Lipinski definition) is 0. The van der Waals surface area contributed by atoms with Gasteiger partial charge in [0.25, 0.3) is 0 Å². The van der Waals surface area contributed by atoms with Crippen molar-refractivity contribution in [3.05, 3.63) is 54.1 Å². The Morgan fingerprint density at radius 3 is 2.71 bits per heavy atom. The fraction of sp³-hybridized carbons (Fsp3) is 0.474. The Kier molecular flexibility index (Phi) is 3.71. The highest BCUT2D eigenvalue weighted by Gasteiger charge is 2.43. The number of fused-ring (bicyclic) bond motifs is 1. The topological polar surface area (TPSA) is 33.4 Å². The van der Waals surface area contributed by atoms with Crippen molar-refractivity contribution in [3.8, 4) is 0 Å². The molecule has 5 heteroatoms. The van der Waals surface area contributed by atoms with Crippen LogP contribution in [-0.4, -0.2) is 31.4 Å². The van der Waals surface area contributed by atoms with Gasteiger partial charge in [0, 0.05) is 35.9 Å².